The summed E-state index contributed by atoms with van der Waals surface area (Å²) in [5, 5.41) is 2.38. The highest BCUT2D eigenvalue weighted by Crippen LogP contribution is 2.45. The van der Waals surface area contributed by atoms with E-state index in [0.717, 1.165) is 45.3 Å². The van der Waals surface area contributed by atoms with Gasteiger partial charge >= 0.3 is 0 Å². The number of aromatic nitrogens is 1. The molecule has 1 heterocycles. The van der Waals surface area contributed by atoms with Crippen LogP contribution in [0.25, 0.3) is 33.0 Å². The SMILES string of the molecule is CCn1c2ccc(C(C)(C)C)cc2c2cc3c(cc21)C(c1ccccc1)=C(c1ccccc1)C3=O. The van der Waals surface area contributed by atoms with Crippen molar-refractivity contribution in [2.45, 2.75) is 39.7 Å². The summed E-state index contributed by atoms with van der Waals surface area (Å²) in [7, 11) is 0. The number of carbonyl (C=O) groups excluding carboxylic acids is 1. The van der Waals surface area contributed by atoms with Crippen LogP contribution in [0.15, 0.2) is 91.0 Å². The quantitative estimate of drug-likeness (QED) is 0.268. The van der Waals surface area contributed by atoms with Gasteiger partial charge in [-0.05, 0) is 58.9 Å². The average molecular weight is 456 g/mol. The van der Waals surface area contributed by atoms with Gasteiger partial charge in [-0.1, -0.05) is 87.5 Å². The summed E-state index contributed by atoms with van der Waals surface area (Å²) in [4.78, 5) is 14.0. The van der Waals surface area contributed by atoms with E-state index >= 15 is 0 Å². The van der Waals surface area contributed by atoms with Crippen molar-refractivity contribution in [1.29, 1.82) is 0 Å². The van der Waals surface area contributed by atoms with Gasteiger partial charge in [0, 0.05) is 45.1 Å². The third-order valence-electron chi connectivity index (χ3n) is 7.30. The highest BCUT2D eigenvalue weighted by Gasteiger charge is 2.32. The van der Waals surface area contributed by atoms with Gasteiger partial charge in [-0.15, -0.1) is 0 Å². The molecule has 0 saturated heterocycles. The molecule has 0 saturated carbocycles. The van der Waals surface area contributed by atoms with Gasteiger partial charge in [-0.2, -0.15) is 0 Å². The fraction of sp³-hybridized carbons (Fsp3) is 0.182. The van der Waals surface area contributed by atoms with Crippen molar-refractivity contribution in [3.8, 4) is 0 Å². The predicted molar refractivity (Wildman–Crippen MR) is 147 cm³/mol. The van der Waals surface area contributed by atoms with Crippen LogP contribution in [0.2, 0.25) is 0 Å². The number of benzene rings is 4. The second-order valence-corrected chi connectivity index (χ2v) is 10.5. The number of hydrogen-bond acceptors (Lipinski definition) is 1. The Labute approximate surface area is 206 Å². The van der Waals surface area contributed by atoms with Crippen LogP contribution >= 0.6 is 0 Å². The zero-order valence-corrected chi connectivity index (χ0v) is 20.7. The first-order valence-electron chi connectivity index (χ1n) is 12.4. The Bertz CT molecular complexity index is 1640. The number of carbonyl (C=O) groups is 1. The Hall–Kier alpha value is -3.91. The van der Waals surface area contributed by atoms with E-state index in [2.05, 4.69) is 74.7 Å². The summed E-state index contributed by atoms with van der Waals surface area (Å²) in [5.41, 5.74) is 9.46. The van der Waals surface area contributed by atoms with E-state index in [1.807, 2.05) is 48.5 Å². The van der Waals surface area contributed by atoms with Crippen molar-refractivity contribution >= 4 is 38.7 Å². The topological polar surface area (TPSA) is 22.0 Å². The van der Waals surface area contributed by atoms with E-state index in [1.165, 1.54) is 22.0 Å². The molecule has 6 rings (SSSR count). The maximum atomic E-state index is 14.0. The minimum atomic E-state index is 0.0594. The summed E-state index contributed by atoms with van der Waals surface area (Å²) in [6, 6.07) is 31.6. The van der Waals surface area contributed by atoms with Crippen LogP contribution in [0.4, 0.5) is 0 Å². The first-order valence-corrected chi connectivity index (χ1v) is 12.4. The van der Waals surface area contributed by atoms with Crippen LogP contribution in [0.1, 0.15) is 60.3 Å². The van der Waals surface area contributed by atoms with Crippen molar-refractivity contribution in [3.05, 3.63) is 119 Å². The molecule has 35 heavy (non-hydrogen) atoms. The molecule has 1 aliphatic carbocycles. The van der Waals surface area contributed by atoms with Crippen LogP contribution in [0, 0.1) is 0 Å². The smallest absolute Gasteiger partial charge is 0.194 e. The number of fused-ring (bicyclic) bond motifs is 4. The zero-order chi connectivity index (χ0) is 24.3. The highest BCUT2D eigenvalue weighted by molar-refractivity contribution is 6.42. The number of hydrogen-bond donors (Lipinski definition) is 0. The molecule has 0 spiro atoms. The van der Waals surface area contributed by atoms with Gasteiger partial charge in [0.25, 0.3) is 0 Å². The average Bonchev–Trinajstić information content (AvgIpc) is 3.34. The number of aryl methyl sites for hydroxylation is 1. The summed E-state index contributed by atoms with van der Waals surface area (Å²) in [6.07, 6.45) is 0. The van der Waals surface area contributed by atoms with Crippen molar-refractivity contribution in [1.82, 2.24) is 4.57 Å². The fourth-order valence-corrected chi connectivity index (χ4v) is 5.51. The molecule has 0 atom stereocenters. The van der Waals surface area contributed by atoms with Crippen LogP contribution in [0.3, 0.4) is 0 Å². The number of ketones is 1. The maximum Gasteiger partial charge on any atom is 0.194 e. The molecule has 2 heteroatoms. The molecule has 1 aromatic heterocycles. The fourth-order valence-electron chi connectivity index (χ4n) is 5.51. The van der Waals surface area contributed by atoms with Crippen LogP contribution in [0.5, 0.6) is 0 Å². The van der Waals surface area contributed by atoms with Gasteiger partial charge in [-0.3, -0.25) is 4.79 Å². The normalized spacial score (nSPS) is 13.8. The third kappa shape index (κ3) is 3.28. The van der Waals surface area contributed by atoms with Gasteiger partial charge in [0.15, 0.2) is 5.78 Å². The van der Waals surface area contributed by atoms with Gasteiger partial charge in [-0.25, -0.2) is 0 Å². The van der Waals surface area contributed by atoms with Gasteiger partial charge in [0.1, 0.15) is 0 Å². The van der Waals surface area contributed by atoms with E-state index in [4.69, 9.17) is 0 Å². The summed E-state index contributed by atoms with van der Waals surface area (Å²) in [6.45, 7) is 9.81. The van der Waals surface area contributed by atoms with E-state index < -0.39 is 0 Å². The van der Waals surface area contributed by atoms with Gasteiger partial charge in [0.2, 0.25) is 0 Å². The lowest BCUT2D eigenvalue weighted by Crippen LogP contribution is -2.10. The van der Waals surface area contributed by atoms with Crippen LogP contribution in [-0.2, 0) is 12.0 Å². The molecule has 0 radical (unpaired) electrons. The molecule has 0 N–H and O–H groups in total. The lowest BCUT2D eigenvalue weighted by atomic mass is 9.86. The minimum absolute atomic E-state index is 0.0594. The molecule has 0 unspecified atom stereocenters. The number of rotatable bonds is 3. The summed E-state index contributed by atoms with van der Waals surface area (Å²) >= 11 is 0. The first-order chi connectivity index (χ1) is 16.9. The first kappa shape index (κ1) is 21.6. The molecule has 0 bridgehead atoms. The molecule has 0 aliphatic heterocycles. The number of allylic oxidation sites excluding steroid dienone is 1. The van der Waals surface area contributed by atoms with Crippen LogP contribution in [-0.4, -0.2) is 10.4 Å². The van der Waals surface area contributed by atoms with Crippen molar-refractivity contribution < 1.29 is 4.79 Å². The van der Waals surface area contributed by atoms with Crippen LogP contribution < -0.4 is 0 Å². The Morgan fingerprint density at radius 2 is 1.26 bits per heavy atom. The Kier molecular flexibility index (Phi) is 4.82. The van der Waals surface area contributed by atoms with E-state index in [-0.39, 0.29) is 11.2 Å². The molecule has 5 aromatic rings. The summed E-state index contributed by atoms with van der Waals surface area (Å²) < 4.78 is 2.38. The maximum absolute atomic E-state index is 14.0. The summed E-state index contributed by atoms with van der Waals surface area (Å²) in [5.74, 6) is 0.108. The zero-order valence-electron chi connectivity index (χ0n) is 20.7. The minimum Gasteiger partial charge on any atom is -0.341 e. The van der Waals surface area contributed by atoms with E-state index in [1.54, 1.807) is 0 Å². The molecule has 0 amide bonds. The van der Waals surface area contributed by atoms with Crippen molar-refractivity contribution in [2.75, 3.05) is 0 Å². The van der Waals surface area contributed by atoms with Gasteiger partial charge < -0.3 is 4.57 Å². The van der Waals surface area contributed by atoms with Crippen molar-refractivity contribution in [3.63, 3.8) is 0 Å². The molecule has 172 valence electrons. The van der Waals surface area contributed by atoms with E-state index in [9.17, 15) is 4.79 Å². The third-order valence-corrected chi connectivity index (χ3v) is 7.30. The predicted octanol–water partition coefficient (Wildman–Crippen LogP) is 8.27. The van der Waals surface area contributed by atoms with Gasteiger partial charge in [0.05, 0.1) is 0 Å². The van der Waals surface area contributed by atoms with Crippen molar-refractivity contribution in [2.24, 2.45) is 0 Å². The number of nitrogens with zero attached hydrogens (tertiary/aromatic N) is 1. The molecular weight excluding hydrogens is 426 g/mol. The Morgan fingerprint density at radius 1 is 0.657 bits per heavy atom. The second kappa shape index (κ2) is 7.81. The standard InChI is InChI=1S/C33H29NO/c1-5-34-28-17-16-23(33(2,3)4)18-24(28)25-19-27-26(20-29(25)34)30(21-12-8-6-9-13-21)31(32(27)35)22-14-10-7-11-15-22/h6-20H,5H2,1-4H3. The molecule has 2 nitrogen and oxygen atoms in total. The largest absolute Gasteiger partial charge is 0.341 e. The Morgan fingerprint density at radius 3 is 1.86 bits per heavy atom. The lowest BCUT2D eigenvalue weighted by Gasteiger charge is -2.19. The molecule has 4 aromatic carbocycles. The lowest BCUT2D eigenvalue weighted by molar-refractivity contribution is 0.105. The molecule has 1 aliphatic rings. The molecular formula is C33H29NO. The highest BCUT2D eigenvalue weighted by atomic mass is 16.1. The number of Topliss-reactive ketones (excluding diaryl/α,β-unsaturated/α-hetero) is 1. The Balaban J connectivity index is 1.69. The molecule has 0 fully saturated rings. The van der Waals surface area contributed by atoms with E-state index in [0.29, 0.717) is 0 Å². The second-order valence-electron chi connectivity index (χ2n) is 10.5. The monoisotopic (exact) mass is 455 g/mol.